The average Bonchev–Trinajstić information content (AvgIpc) is 3.24. The van der Waals surface area contributed by atoms with Gasteiger partial charge in [-0.05, 0) is 48.4 Å². The second kappa shape index (κ2) is 10.7. The molecule has 4 rings (SSSR count). The molecular formula is C24H29FN4O4. The SMILES string of the molecule is Cc1cc(OC[C@]2(O)COCCN(Cc3cccc(OCCn4cncn4)c3)C2)ccc1F. The largest absolute Gasteiger partial charge is 0.492 e. The van der Waals surface area contributed by atoms with Crippen molar-refractivity contribution in [3.63, 3.8) is 0 Å². The van der Waals surface area contributed by atoms with Crippen LogP contribution in [-0.2, 0) is 17.8 Å². The van der Waals surface area contributed by atoms with Crippen molar-refractivity contribution in [3.05, 3.63) is 72.1 Å². The van der Waals surface area contributed by atoms with Gasteiger partial charge in [-0.15, -0.1) is 0 Å². The van der Waals surface area contributed by atoms with Crippen molar-refractivity contribution < 1.29 is 23.7 Å². The number of aryl methyl sites for hydroxylation is 1. The Morgan fingerprint density at radius 2 is 2.06 bits per heavy atom. The zero-order valence-electron chi connectivity index (χ0n) is 18.7. The molecule has 2 aromatic carbocycles. The Labute approximate surface area is 192 Å². The number of aromatic nitrogens is 3. The smallest absolute Gasteiger partial charge is 0.137 e. The predicted molar refractivity (Wildman–Crippen MR) is 120 cm³/mol. The molecule has 0 radical (unpaired) electrons. The number of nitrogens with zero attached hydrogens (tertiary/aromatic N) is 4. The van der Waals surface area contributed by atoms with Crippen LogP contribution in [0.1, 0.15) is 11.1 Å². The Bertz CT molecular complexity index is 1030. The number of halogens is 1. The lowest BCUT2D eigenvalue weighted by molar-refractivity contribution is -0.0646. The van der Waals surface area contributed by atoms with Crippen LogP contribution < -0.4 is 9.47 Å². The summed E-state index contributed by atoms with van der Waals surface area (Å²) in [5, 5.41) is 15.2. The van der Waals surface area contributed by atoms with Crippen LogP contribution in [0, 0.1) is 12.7 Å². The fraction of sp³-hybridized carbons (Fsp3) is 0.417. The van der Waals surface area contributed by atoms with Gasteiger partial charge in [0.25, 0.3) is 0 Å². The molecule has 1 N–H and O–H groups in total. The van der Waals surface area contributed by atoms with Gasteiger partial charge in [0.05, 0.1) is 19.8 Å². The Kier molecular flexibility index (Phi) is 7.54. The van der Waals surface area contributed by atoms with E-state index in [0.29, 0.717) is 50.7 Å². The zero-order valence-corrected chi connectivity index (χ0v) is 18.7. The van der Waals surface area contributed by atoms with Crippen LogP contribution in [0.25, 0.3) is 0 Å². The summed E-state index contributed by atoms with van der Waals surface area (Å²) in [5.41, 5.74) is 0.402. The predicted octanol–water partition coefficient (Wildman–Crippen LogP) is 2.45. The van der Waals surface area contributed by atoms with E-state index in [9.17, 15) is 9.50 Å². The number of aliphatic hydroxyl groups is 1. The van der Waals surface area contributed by atoms with Crippen molar-refractivity contribution in [1.82, 2.24) is 19.7 Å². The second-order valence-electron chi connectivity index (χ2n) is 8.34. The van der Waals surface area contributed by atoms with Crippen LogP contribution in [0.3, 0.4) is 0 Å². The lowest BCUT2D eigenvalue weighted by Gasteiger charge is -2.30. The molecule has 9 heteroatoms. The number of hydrogen-bond acceptors (Lipinski definition) is 7. The molecule has 2 heterocycles. The molecule has 8 nitrogen and oxygen atoms in total. The van der Waals surface area contributed by atoms with Crippen LogP contribution in [0.5, 0.6) is 11.5 Å². The summed E-state index contributed by atoms with van der Waals surface area (Å²) in [4.78, 5) is 6.06. The molecule has 33 heavy (non-hydrogen) atoms. The van der Waals surface area contributed by atoms with Crippen LogP contribution in [0.2, 0.25) is 0 Å². The maximum atomic E-state index is 13.5. The van der Waals surface area contributed by atoms with Crippen molar-refractivity contribution in [2.45, 2.75) is 25.6 Å². The quantitative estimate of drug-likeness (QED) is 0.530. The van der Waals surface area contributed by atoms with Gasteiger partial charge in [-0.3, -0.25) is 4.90 Å². The van der Waals surface area contributed by atoms with Crippen LogP contribution in [0.4, 0.5) is 4.39 Å². The molecule has 0 unspecified atom stereocenters. The van der Waals surface area contributed by atoms with E-state index in [2.05, 4.69) is 15.0 Å². The summed E-state index contributed by atoms with van der Waals surface area (Å²) in [6, 6.07) is 12.5. The van der Waals surface area contributed by atoms with E-state index < -0.39 is 5.60 Å². The van der Waals surface area contributed by atoms with Crippen LogP contribution >= 0.6 is 0 Å². The third kappa shape index (κ3) is 6.74. The summed E-state index contributed by atoms with van der Waals surface area (Å²) < 4.78 is 32.5. The lowest BCUT2D eigenvalue weighted by atomic mass is 10.1. The van der Waals surface area contributed by atoms with Gasteiger partial charge >= 0.3 is 0 Å². The highest BCUT2D eigenvalue weighted by atomic mass is 19.1. The zero-order chi connectivity index (χ0) is 23.1. The third-order valence-electron chi connectivity index (χ3n) is 5.44. The molecule has 3 aromatic rings. The van der Waals surface area contributed by atoms with E-state index in [0.717, 1.165) is 11.3 Å². The first kappa shape index (κ1) is 23.2. The molecule has 1 aromatic heterocycles. The Morgan fingerprint density at radius 3 is 2.88 bits per heavy atom. The molecule has 1 aliphatic rings. The Hall–Kier alpha value is -3.01. The van der Waals surface area contributed by atoms with E-state index in [4.69, 9.17) is 14.2 Å². The van der Waals surface area contributed by atoms with E-state index in [1.807, 2.05) is 24.3 Å². The second-order valence-corrected chi connectivity index (χ2v) is 8.34. The molecule has 1 atom stereocenters. The maximum Gasteiger partial charge on any atom is 0.137 e. The van der Waals surface area contributed by atoms with E-state index in [-0.39, 0.29) is 19.0 Å². The highest BCUT2D eigenvalue weighted by Gasteiger charge is 2.33. The summed E-state index contributed by atoms with van der Waals surface area (Å²) in [5.74, 6) is 1.02. The van der Waals surface area contributed by atoms with Crippen molar-refractivity contribution in [3.8, 4) is 11.5 Å². The third-order valence-corrected chi connectivity index (χ3v) is 5.44. The van der Waals surface area contributed by atoms with Crippen molar-refractivity contribution in [1.29, 1.82) is 0 Å². The fourth-order valence-corrected chi connectivity index (χ4v) is 3.74. The van der Waals surface area contributed by atoms with Gasteiger partial charge in [0.1, 0.15) is 48.8 Å². The fourth-order valence-electron chi connectivity index (χ4n) is 3.74. The van der Waals surface area contributed by atoms with Gasteiger partial charge in [-0.25, -0.2) is 14.1 Å². The first-order chi connectivity index (χ1) is 16.0. The van der Waals surface area contributed by atoms with Gasteiger partial charge in [-0.1, -0.05) is 12.1 Å². The highest BCUT2D eigenvalue weighted by molar-refractivity contribution is 5.29. The van der Waals surface area contributed by atoms with Gasteiger partial charge < -0.3 is 19.3 Å². The number of rotatable bonds is 9. The summed E-state index contributed by atoms with van der Waals surface area (Å²) in [7, 11) is 0. The minimum atomic E-state index is -1.18. The molecule has 0 amide bonds. The first-order valence-corrected chi connectivity index (χ1v) is 10.9. The van der Waals surface area contributed by atoms with Crippen molar-refractivity contribution in [2.75, 3.05) is 39.5 Å². The average molecular weight is 457 g/mol. The molecule has 0 aliphatic carbocycles. The lowest BCUT2D eigenvalue weighted by Crippen LogP contribution is -2.48. The molecular weight excluding hydrogens is 427 g/mol. The van der Waals surface area contributed by atoms with Crippen molar-refractivity contribution >= 4 is 0 Å². The van der Waals surface area contributed by atoms with Gasteiger partial charge in [0, 0.05) is 19.6 Å². The number of ether oxygens (including phenoxy) is 3. The first-order valence-electron chi connectivity index (χ1n) is 10.9. The van der Waals surface area contributed by atoms with E-state index in [1.165, 1.54) is 12.4 Å². The Balaban J connectivity index is 1.32. The molecule has 1 saturated heterocycles. The molecule has 0 saturated carbocycles. The summed E-state index contributed by atoms with van der Waals surface area (Å²) >= 11 is 0. The number of β-amino-alcohol motifs (C(OH)–C–C–N with tert-alkyl or cyclic N) is 1. The van der Waals surface area contributed by atoms with Gasteiger partial charge in [-0.2, -0.15) is 5.10 Å². The van der Waals surface area contributed by atoms with Crippen LogP contribution in [0.15, 0.2) is 55.1 Å². The standard InChI is InChI=1S/C24H29FN4O4/c1-19-11-22(5-6-23(19)25)33-16-24(30)14-28(7-9-31-15-24)13-20-3-2-4-21(12-20)32-10-8-29-18-26-17-27-29/h2-6,11-12,17-18,30H,7-10,13-16H2,1H3/t24-/m1/s1. The molecule has 0 bridgehead atoms. The Morgan fingerprint density at radius 1 is 1.18 bits per heavy atom. The van der Waals surface area contributed by atoms with Gasteiger partial charge in [0.2, 0.25) is 0 Å². The molecule has 0 spiro atoms. The monoisotopic (exact) mass is 456 g/mol. The van der Waals surface area contributed by atoms with Gasteiger partial charge in [0.15, 0.2) is 0 Å². The topological polar surface area (TPSA) is 81.9 Å². The van der Waals surface area contributed by atoms with Crippen molar-refractivity contribution in [2.24, 2.45) is 0 Å². The molecule has 176 valence electrons. The number of benzene rings is 2. The van der Waals surface area contributed by atoms with E-state index in [1.54, 1.807) is 30.1 Å². The minimum Gasteiger partial charge on any atom is -0.492 e. The van der Waals surface area contributed by atoms with E-state index >= 15 is 0 Å². The molecule has 1 aliphatic heterocycles. The van der Waals surface area contributed by atoms with Crippen LogP contribution in [-0.4, -0.2) is 69.9 Å². The molecule has 1 fully saturated rings. The minimum absolute atomic E-state index is 0.0556. The maximum absolute atomic E-state index is 13.5. The number of hydrogen-bond donors (Lipinski definition) is 1. The normalized spacial score (nSPS) is 19.2. The summed E-state index contributed by atoms with van der Waals surface area (Å²) in [6.45, 7) is 5.27. The summed E-state index contributed by atoms with van der Waals surface area (Å²) in [6.07, 6.45) is 3.15. The highest BCUT2D eigenvalue weighted by Crippen LogP contribution is 2.21.